The summed E-state index contributed by atoms with van der Waals surface area (Å²) in [5.74, 6) is 0.00792. The number of imidazole rings is 1. The lowest BCUT2D eigenvalue weighted by molar-refractivity contribution is -0.120. The van der Waals surface area contributed by atoms with Crippen molar-refractivity contribution in [3.63, 3.8) is 0 Å². The number of H-pyrrole nitrogens is 1. The Kier molecular flexibility index (Phi) is 2.83. The highest BCUT2D eigenvalue weighted by Crippen LogP contribution is 2.24. The summed E-state index contributed by atoms with van der Waals surface area (Å²) in [5, 5.41) is 12.0. The van der Waals surface area contributed by atoms with Crippen molar-refractivity contribution in [3.05, 3.63) is 22.7 Å². The Morgan fingerprint density at radius 3 is 3.22 bits per heavy atom. The highest BCUT2D eigenvalue weighted by molar-refractivity contribution is 7.15. The van der Waals surface area contributed by atoms with Gasteiger partial charge >= 0.3 is 0 Å². The topological polar surface area (TPSA) is 83.6 Å². The summed E-state index contributed by atoms with van der Waals surface area (Å²) >= 11 is 1.39. The lowest BCUT2D eigenvalue weighted by Crippen LogP contribution is -2.28. The van der Waals surface area contributed by atoms with Crippen LogP contribution in [0.2, 0.25) is 0 Å². The molecule has 6 nitrogen and oxygen atoms in total. The van der Waals surface area contributed by atoms with Gasteiger partial charge in [0.2, 0.25) is 11.0 Å². The molecule has 2 aromatic heterocycles. The molecule has 1 atom stereocenters. The second kappa shape index (κ2) is 4.49. The highest BCUT2D eigenvalue weighted by Gasteiger charge is 2.26. The molecule has 7 heteroatoms. The van der Waals surface area contributed by atoms with Gasteiger partial charge in [-0.2, -0.15) is 0 Å². The molecule has 1 aliphatic carbocycles. The minimum atomic E-state index is -0.0119. The zero-order valence-corrected chi connectivity index (χ0v) is 10.8. The van der Waals surface area contributed by atoms with Crippen molar-refractivity contribution in [2.75, 3.05) is 5.32 Å². The van der Waals surface area contributed by atoms with Gasteiger partial charge in [-0.1, -0.05) is 11.3 Å². The van der Waals surface area contributed by atoms with Crippen LogP contribution in [0.3, 0.4) is 0 Å². The summed E-state index contributed by atoms with van der Waals surface area (Å²) in [7, 11) is 0. The summed E-state index contributed by atoms with van der Waals surface area (Å²) in [6, 6.07) is 0. The van der Waals surface area contributed by atoms with Gasteiger partial charge in [0.25, 0.3) is 0 Å². The number of hydrogen-bond donors (Lipinski definition) is 2. The van der Waals surface area contributed by atoms with Crippen molar-refractivity contribution in [2.45, 2.75) is 26.2 Å². The summed E-state index contributed by atoms with van der Waals surface area (Å²) in [4.78, 5) is 19.4. The summed E-state index contributed by atoms with van der Waals surface area (Å²) in [6.07, 6.45) is 4.10. The van der Waals surface area contributed by atoms with Gasteiger partial charge in [-0.15, -0.1) is 10.2 Å². The Balaban J connectivity index is 1.67. The van der Waals surface area contributed by atoms with Crippen LogP contribution in [-0.2, 0) is 17.6 Å². The molecule has 94 valence electrons. The number of nitrogens with one attached hydrogen (secondary N) is 2. The van der Waals surface area contributed by atoms with E-state index >= 15 is 0 Å². The number of fused-ring (bicyclic) bond motifs is 1. The smallest absolute Gasteiger partial charge is 0.229 e. The van der Waals surface area contributed by atoms with Crippen LogP contribution in [0, 0.1) is 12.8 Å². The average molecular weight is 263 g/mol. The van der Waals surface area contributed by atoms with Gasteiger partial charge in [-0.05, 0) is 19.8 Å². The number of nitrogens with zero attached hydrogens (tertiary/aromatic N) is 3. The van der Waals surface area contributed by atoms with E-state index in [0.717, 1.165) is 35.7 Å². The number of aromatic nitrogens is 4. The largest absolute Gasteiger partial charge is 0.348 e. The summed E-state index contributed by atoms with van der Waals surface area (Å²) < 4.78 is 0. The van der Waals surface area contributed by atoms with Crippen molar-refractivity contribution in [1.29, 1.82) is 0 Å². The predicted octanol–water partition coefficient (Wildman–Crippen LogP) is 1.31. The minimum Gasteiger partial charge on any atom is -0.348 e. The molecule has 18 heavy (non-hydrogen) atoms. The van der Waals surface area contributed by atoms with E-state index in [4.69, 9.17) is 0 Å². The van der Waals surface area contributed by atoms with Crippen LogP contribution in [0.1, 0.15) is 22.8 Å². The maximum atomic E-state index is 12.1. The fraction of sp³-hybridized carbons (Fsp3) is 0.455. The lowest BCUT2D eigenvalue weighted by Gasteiger charge is -2.19. The number of rotatable bonds is 2. The second-order valence-electron chi connectivity index (χ2n) is 4.38. The Morgan fingerprint density at radius 1 is 1.56 bits per heavy atom. The van der Waals surface area contributed by atoms with E-state index in [1.54, 1.807) is 6.33 Å². The molecule has 0 unspecified atom stereocenters. The summed E-state index contributed by atoms with van der Waals surface area (Å²) in [5.41, 5.74) is 2.17. The third-order valence-corrected chi connectivity index (χ3v) is 3.87. The number of carbonyl (C=O) groups is 1. The minimum absolute atomic E-state index is 0.0119. The third-order valence-electron chi connectivity index (χ3n) is 3.11. The molecule has 0 saturated heterocycles. The van der Waals surface area contributed by atoms with E-state index in [1.165, 1.54) is 11.3 Å². The number of carbonyl (C=O) groups excluding carboxylic acids is 1. The molecule has 0 aromatic carbocycles. The molecule has 3 rings (SSSR count). The Hall–Kier alpha value is -1.76. The molecular formula is C11H13N5OS. The lowest BCUT2D eigenvalue weighted by atomic mass is 9.89. The number of aromatic amines is 1. The molecule has 0 fully saturated rings. The molecule has 0 saturated carbocycles. The standard InChI is InChI=1S/C11H13N5OS/c1-6-15-16-11(18-6)14-10(17)7-2-3-8-9(4-7)13-5-12-8/h5,7H,2-4H2,1H3,(H,12,13)(H,14,16,17)/t7-/m1/s1. The first-order valence-corrected chi connectivity index (χ1v) is 6.66. The van der Waals surface area contributed by atoms with E-state index in [0.29, 0.717) is 5.13 Å². The SMILES string of the molecule is Cc1nnc(NC(=O)[C@@H]2CCc3nc[nH]c3C2)s1. The van der Waals surface area contributed by atoms with Crippen molar-refractivity contribution < 1.29 is 4.79 Å². The van der Waals surface area contributed by atoms with Crippen LogP contribution < -0.4 is 5.32 Å². The highest BCUT2D eigenvalue weighted by atomic mass is 32.1. The van der Waals surface area contributed by atoms with E-state index in [2.05, 4.69) is 25.5 Å². The fourth-order valence-corrected chi connectivity index (χ4v) is 2.77. The maximum Gasteiger partial charge on any atom is 0.229 e. The second-order valence-corrected chi connectivity index (χ2v) is 5.56. The first-order chi connectivity index (χ1) is 8.72. The van der Waals surface area contributed by atoms with Gasteiger partial charge in [0, 0.05) is 18.0 Å². The molecule has 2 aromatic rings. The van der Waals surface area contributed by atoms with Crippen molar-refractivity contribution in [1.82, 2.24) is 20.2 Å². The summed E-state index contributed by atoms with van der Waals surface area (Å²) in [6.45, 7) is 1.87. The van der Waals surface area contributed by atoms with Crippen molar-refractivity contribution >= 4 is 22.4 Å². The van der Waals surface area contributed by atoms with Gasteiger partial charge in [0.1, 0.15) is 5.01 Å². The number of hydrogen-bond acceptors (Lipinski definition) is 5. The predicted molar refractivity (Wildman–Crippen MR) is 67.4 cm³/mol. The van der Waals surface area contributed by atoms with Crippen LogP contribution in [0.5, 0.6) is 0 Å². The van der Waals surface area contributed by atoms with Crippen LogP contribution in [-0.4, -0.2) is 26.1 Å². The normalized spacial score (nSPS) is 18.4. The average Bonchev–Trinajstić information content (AvgIpc) is 2.96. The molecule has 0 bridgehead atoms. The zero-order chi connectivity index (χ0) is 12.5. The molecule has 0 aliphatic heterocycles. The molecule has 2 heterocycles. The Bertz CT molecular complexity index is 576. The quantitative estimate of drug-likeness (QED) is 0.855. The van der Waals surface area contributed by atoms with Crippen molar-refractivity contribution in [3.8, 4) is 0 Å². The van der Waals surface area contributed by atoms with E-state index in [-0.39, 0.29) is 11.8 Å². The first kappa shape index (κ1) is 11.3. The van der Waals surface area contributed by atoms with Crippen LogP contribution in [0.15, 0.2) is 6.33 Å². The van der Waals surface area contributed by atoms with E-state index in [1.807, 2.05) is 6.92 Å². The zero-order valence-electron chi connectivity index (χ0n) is 9.93. The molecular weight excluding hydrogens is 250 g/mol. The van der Waals surface area contributed by atoms with Crippen LogP contribution >= 0.6 is 11.3 Å². The first-order valence-electron chi connectivity index (χ1n) is 5.84. The number of anilines is 1. The molecule has 0 radical (unpaired) electrons. The number of amides is 1. The Labute approximate surface area is 108 Å². The van der Waals surface area contributed by atoms with Gasteiger partial charge in [-0.3, -0.25) is 4.79 Å². The van der Waals surface area contributed by atoms with Crippen molar-refractivity contribution in [2.24, 2.45) is 5.92 Å². The van der Waals surface area contributed by atoms with E-state index < -0.39 is 0 Å². The van der Waals surface area contributed by atoms with Gasteiger partial charge in [0.15, 0.2) is 0 Å². The maximum absolute atomic E-state index is 12.1. The van der Waals surface area contributed by atoms with E-state index in [9.17, 15) is 4.79 Å². The van der Waals surface area contributed by atoms with Crippen LogP contribution in [0.4, 0.5) is 5.13 Å². The third kappa shape index (κ3) is 2.13. The molecule has 1 aliphatic rings. The van der Waals surface area contributed by atoms with Gasteiger partial charge < -0.3 is 10.3 Å². The van der Waals surface area contributed by atoms with Gasteiger partial charge in [0.05, 0.1) is 12.0 Å². The monoisotopic (exact) mass is 263 g/mol. The Morgan fingerprint density at radius 2 is 2.44 bits per heavy atom. The number of aryl methyl sites for hydroxylation is 2. The fourth-order valence-electron chi connectivity index (χ4n) is 2.18. The molecule has 0 spiro atoms. The molecule has 2 N–H and O–H groups in total. The molecule has 1 amide bonds. The van der Waals surface area contributed by atoms with Crippen LogP contribution in [0.25, 0.3) is 0 Å². The van der Waals surface area contributed by atoms with Gasteiger partial charge in [-0.25, -0.2) is 4.98 Å².